The van der Waals surface area contributed by atoms with Crippen LogP contribution in [0.5, 0.6) is 11.5 Å². The molecular weight excluding hydrogens is 633 g/mol. The Morgan fingerprint density at radius 3 is 2.06 bits per heavy atom. The van der Waals surface area contributed by atoms with Gasteiger partial charge in [-0.1, -0.05) is 96.6 Å². The van der Waals surface area contributed by atoms with Crippen molar-refractivity contribution in [3.05, 3.63) is 161 Å². The van der Waals surface area contributed by atoms with E-state index in [9.17, 15) is 8.42 Å². The average Bonchev–Trinajstić information content (AvgIpc) is 3.14. The van der Waals surface area contributed by atoms with E-state index in [1.807, 2.05) is 25.1 Å². The standard InChI is InChI=1S/C42H44O6S/c1-32-14-22-39(23-15-32)49(43,44)48-29-9-27-45-26-8-28-46-37-19-16-35(17-20-37)42-40(34-12-6-3-7-13-34)24-18-36-30-38(21-25-41(36)42)47-31-33-10-4-2-5-11-33/h2-7,10-17,19-23,25,30,40,42H,8-9,18,24,26-29,31H2,1H3/t40-,42+/m1/s1. The minimum absolute atomic E-state index is 0.0822. The molecule has 5 aromatic carbocycles. The highest BCUT2D eigenvalue weighted by Crippen LogP contribution is 2.47. The zero-order valence-corrected chi connectivity index (χ0v) is 28.8. The van der Waals surface area contributed by atoms with Crippen LogP contribution in [0, 0.1) is 6.92 Å². The average molecular weight is 677 g/mol. The second-order valence-electron chi connectivity index (χ2n) is 12.5. The molecule has 2 atom stereocenters. The summed E-state index contributed by atoms with van der Waals surface area (Å²) in [5, 5.41) is 0. The molecule has 0 aliphatic heterocycles. The second kappa shape index (κ2) is 16.8. The number of hydrogen-bond donors (Lipinski definition) is 0. The van der Waals surface area contributed by atoms with Crippen LogP contribution < -0.4 is 9.47 Å². The largest absolute Gasteiger partial charge is 0.494 e. The zero-order valence-electron chi connectivity index (χ0n) is 28.0. The van der Waals surface area contributed by atoms with Crippen LogP contribution in [0.15, 0.2) is 132 Å². The summed E-state index contributed by atoms with van der Waals surface area (Å²) in [7, 11) is -3.75. The Hall–Kier alpha value is -4.43. The number of ether oxygens (including phenoxy) is 3. The van der Waals surface area contributed by atoms with Crippen molar-refractivity contribution < 1.29 is 26.8 Å². The summed E-state index contributed by atoms with van der Waals surface area (Å²) in [6, 6.07) is 42.9. The van der Waals surface area contributed by atoms with E-state index in [4.69, 9.17) is 18.4 Å². The minimum Gasteiger partial charge on any atom is -0.494 e. The molecule has 254 valence electrons. The molecule has 0 heterocycles. The Bertz CT molecular complexity index is 1860. The quantitative estimate of drug-likeness (QED) is 0.0768. The van der Waals surface area contributed by atoms with Crippen molar-refractivity contribution >= 4 is 10.1 Å². The van der Waals surface area contributed by atoms with Gasteiger partial charge in [0.1, 0.15) is 18.1 Å². The molecule has 0 aromatic heterocycles. The van der Waals surface area contributed by atoms with E-state index >= 15 is 0 Å². The molecule has 1 aliphatic rings. The predicted octanol–water partition coefficient (Wildman–Crippen LogP) is 9.02. The fourth-order valence-corrected chi connectivity index (χ4v) is 7.37. The predicted molar refractivity (Wildman–Crippen MR) is 193 cm³/mol. The Morgan fingerprint density at radius 2 is 1.33 bits per heavy atom. The highest BCUT2D eigenvalue weighted by molar-refractivity contribution is 7.86. The van der Waals surface area contributed by atoms with Crippen LogP contribution in [0.3, 0.4) is 0 Å². The van der Waals surface area contributed by atoms with Crippen molar-refractivity contribution in [2.45, 2.75) is 55.9 Å². The molecule has 6 nitrogen and oxygen atoms in total. The van der Waals surface area contributed by atoms with Crippen LogP contribution in [0.4, 0.5) is 0 Å². The second-order valence-corrected chi connectivity index (χ2v) is 14.1. The molecule has 0 unspecified atom stereocenters. The first-order valence-corrected chi connectivity index (χ1v) is 18.5. The molecular formula is C42H44O6S. The Kier molecular flexibility index (Phi) is 11.8. The van der Waals surface area contributed by atoms with E-state index in [-0.39, 0.29) is 17.4 Å². The van der Waals surface area contributed by atoms with Crippen molar-refractivity contribution in [3.8, 4) is 11.5 Å². The molecule has 0 saturated heterocycles. The Labute approximate surface area is 290 Å². The maximum absolute atomic E-state index is 12.3. The molecule has 7 heteroatoms. The Morgan fingerprint density at radius 1 is 0.653 bits per heavy atom. The van der Waals surface area contributed by atoms with Crippen LogP contribution >= 0.6 is 0 Å². The highest BCUT2D eigenvalue weighted by atomic mass is 32.2. The van der Waals surface area contributed by atoms with E-state index < -0.39 is 10.1 Å². The molecule has 0 N–H and O–H groups in total. The third-order valence-corrected chi connectivity index (χ3v) is 10.3. The number of benzene rings is 5. The van der Waals surface area contributed by atoms with Crippen LogP contribution in [-0.2, 0) is 32.1 Å². The van der Waals surface area contributed by atoms with Gasteiger partial charge in [-0.2, -0.15) is 8.42 Å². The van der Waals surface area contributed by atoms with Crippen LogP contribution in [0.1, 0.15) is 64.5 Å². The summed E-state index contributed by atoms with van der Waals surface area (Å²) in [5.41, 5.74) is 7.50. The van der Waals surface area contributed by atoms with Crippen molar-refractivity contribution in [2.75, 3.05) is 26.4 Å². The van der Waals surface area contributed by atoms with Crippen LogP contribution in [0.25, 0.3) is 0 Å². The SMILES string of the molecule is Cc1ccc(S(=O)(=O)OCCCOCCCOc2ccc([C@@H]3c4ccc(OCc5ccccc5)cc4CC[C@@H]3c3ccccc3)cc2)cc1. The minimum atomic E-state index is -3.75. The third-order valence-electron chi connectivity index (χ3n) is 8.97. The van der Waals surface area contributed by atoms with Gasteiger partial charge < -0.3 is 14.2 Å². The molecule has 6 rings (SSSR count). The van der Waals surface area contributed by atoms with Gasteiger partial charge in [-0.3, -0.25) is 4.18 Å². The van der Waals surface area contributed by atoms with Gasteiger partial charge in [0.25, 0.3) is 10.1 Å². The molecule has 0 radical (unpaired) electrons. The van der Waals surface area contributed by atoms with Gasteiger partial charge in [0.2, 0.25) is 0 Å². The lowest BCUT2D eigenvalue weighted by atomic mass is 9.69. The molecule has 0 spiro atoms. The summed E-state index contributed by atoms with van der Waals surface area (Å²) in [4.78, 5) is 0.169. The summed E-state index contributed by atoms with van der Waals surface area (Å²) < 4.78 is 47.6. The van der Waals surface area contributed by atoms with Crippen LogP contribution in [-0.4, -0.2) is 34.8 Å². The maximum Gasteiger partial charge on any atom is 0.296 e. The first kappa shape index (κ1) is 34.4. The highest BCUT2D eigenvalue weighted by Gasteiger charge is 2.32. The molecule has 0 fully saturated rings. The Balaban J connectivity index is 0.998. The van der Waals surface area contributed by atoms with Crippen LogP contribution in [0.2, 0.25) is 0 Å². The maximum atomic E-state index is 12.3. The zero-order chi connectivity index (χ0) is 33.9. The van der Waals surface area contributed by atoms with Gasteiger partial charge in [0, 0.05) is 25.6 Å². The lowest BCUT2D eigenvalue weighted by molar-refractivity contribution is 0.108. The van der Waals surface area contributed by atoms with Gasteiger partial charge >= 0.3 is 0 Å². The van der Waals surface area contributed by atoms with Gasteiger partial charge in [-0.15, -0.1) is 0 Å². The molecule has 1 aliphatic carbocycles. The van der Waals surface area contributed by atoms with E-state index in [1.165, 1.54) is 22.3 Å². The van der Waals surface area contributed by atoms with E-state index in [2.05, 4.69) is 84.9 Å². The fourth-order valence-electron chi connectivity index (χ4n) is 6.43. The van der Waals surface area contributed by atoms with Gasteiger partial charge in [-0.05, 0) is 96.3 Å². The summed E-state index contributed by atoms with van der Waals surface area (Å²) >= 11 is 0. The third kappa shape index (κ3) is 9.38. The lowest BCUT2D eigenvalue weighted by Crippen LogP contribution is -2.20. The molecule has 0 amide bonds. The summed E-state index contributed by atoms with van der Waals surface area (Å²) in [5.74, 6) is 2.34. The number of hydrogen-bond acceptors (Lipinski definition) is 6. The smallest absolute Gasteiger partial charge is 0.296 e. The van der Waals surface area contributed by atoms with E-state index in [1.54, 1.807) is 24.3 Å². The van der Waals surface area contributed by atoms with Gasteiger partial charge in [0.15, 0.2) is 0 Å². The fraction of sp³-hybridized carbons (Fsp3) is 0.286. The monoisotopic (exact) mass is 676 g/mol. The molecule has 5 aromatic rings. The van der Waals surface area contributed by atoms with Gasteiger partial charge in [-0.25, -0.2) is 0 Å². The van der Waals surface area contributed by atoms with E-state index in [0.717, 1.165) is 41.9 Å². The first-order valence-electron chi connectivity index (χ1n) is 17.1. The lowest BCUT2D eigenvalue weighted by Gasteiger charge is -2.35. The van der Waals surface area contributed by atoms with Crippen molar-refractivity contribution in [1.29, 1.82) is 0 Å². The molecule has 49 heavy (non-hydrogen) atoms. The summed E-state index contributed by atoms with van der Waals surface area (Å²) in [6.07, 6.45) is 3.29. The normalized spacial score (nSPS) is 15.8. The molecule has 0 bridgehead atoms. The number of aryl methyl sites for hydroxylation is 2. The van der Waals surface area contributed by atoms with Crippen molar-refractivity contribution in [2.24, 2.45) is 0 Å². The van der Waals surface area contributed by atoms with Gasteiger partial charge in [0.05, 0.1) is 18.1 Å². The van der Waals surface area contributed by atoms with Crippen molar-refractivity contribution in [1.82, 2.24) is 0 Å². The summed E-state index contributed by atoms with van der Waals surface area (Å²) in [6.45, 7) is 4.02. The molecule has 0 saturated carbocycles. The van der Waals surface area contributed by atoms with Crippen molar-refractivity contribution in [3.63, 3.8) is 0 Å². The first-order chi connectivity index (χ1) is 24.0. The number of rotatable bonds is 16. The topological polar surface area (TPSA) is 71.1 Å². The number of fused-ring (bicyclic) bond motifs is 1. The van der Waals surface area contributed by atoms with E-state index in [0.29, 0.717) is 38.8 Å².